The second-order valence-corrected chi connectivity index (χ2v) is 2.32. The first-order valence-electron chi connectivity index (χ1n) is 2.50. The fraction of sp³-hybridized carbons (Fsp3) is 0. The molecule has 0 aliphatic carbocycles. The van der Waals surface area contributed by atoms with E-state index < -0.39 is 0 Å². The van der Waals surface area contributed by atoms with Crippen molar-refractivity contribution >= 4 is 21.1 Å². The first-order valence-corrected chi connectivity index (χ1v) is 3.00. The van der Waals surface area contributed by atoms with Crippen LogP contribution in [-0.2, 0) is 0 Å². The zero-order valence-corrected chi connectivity index (χ0v) is 5.76. The molecule has 0 fully saturated rings. The number of phenols is 1. The molecule has 0 atom stereocenters. The molecule has 0 saturated carbocycles. The largest absolute Gasteiger partial charge is 0.508 e. The van der Waals surface area contributed by atoms with Gasteiger partial charge in [-0.25, -0.2) is 0 Å². The lowest BCUT2D eigenvalue weighted by molar-refractivity contribution is 0.480. The Labute approximate surface area is 56.7 Å². The maximum atomic E-state index is 8.94. The number of hydrogen-bond donors (Lipinski definition) is 2. The van der Waals surface area contributed by atoms with Crippen LogP contribution in [0.4, 0.5) is 5.69 Å². The van der Waals surface area contributed by atoms with Crippen molar-refractivity contribution in [1.82, 2.24) is 0 Å². The second kappa shape index (κ2) is 2.11. The van der Waals surface area contributed by atoms with Gasteiger partial charge in [0.1, 0.15) is 5.75 Å². The number of anilines is 1. The summed E-state index contributed by atoms with van der Waals surface area (Å²) in [5, 5.41) is 9.56. The van der Waals surface area contributed by atoms with Crippen molar-refractivity contribution in [3.05, 3.63) is 18.2 Å². The summed E-state index contributed by atoms with van der Waals surface area (Å²) in [5.41, 5.74) is 6.02. The highest BCUT2D eigenvalue weighted by Gasteiger charge is 1.92. The number of nitrogens with two attached hydrogens (primary N) is 1. The van der Waals surface area contributed by atoms with Gasteiger partial charge in [-0.05, 0) is 23.4 Å². The summed E-state index contributed by atoms with van der Waals surface area (Å²) in [6.07, 6.45) is 0. The molecule has 0 aromatic heterocycles. The predicted molar refractivity (Wildman–Crippen MR) is 37.9 cm³/mol. The lowest BCUT2D eigenvalue weighted by Gasteiger charge is -1.97. The maximum Gasteiger partial charge on any atom is 0.114 e. The molecular formula is C6H6NOSi. The van der Waals surface area contributed by atoms with Crippen LogP contribution in [0.25, 0.3) is 0 Å². The van der Waals surface area contributed by atoms with Crippen molar-refractivity contribution in [3.63, 3.8) is 0 Å². The van der Waals surface area contributed by atoms with Gasteiger partial charge >= 0.3 is 0 Å². The van der Waals surface area contributed by atoms with Crippen molar-refractivity contribution in [3.8, 4) is 5.75 Å². The van der Waals surface area contributed by atoms with Crippen LogP contribution in [0.1, 0.15) is 0 Å². The van der Waals surface area contributed by atoms with E-state index in [9.17, 15) is 0 Å². The monoisotopic (exact) mass is 136 g/mol. The molecule has 0 saturated heterocycles. The molecule has 0 heterocycles. The van der Waals surface area contributed by atoms with Gasteiger partial charge in [0.25, 0.3) is 0 Å². The third kappa shape index (κ3) is 1.23. The van der Waals surface area contributed by atoms with Gasteiger partial charge in [-0.2, -0.15) is 0 Å². The Morgan fingerprint density at radius 2 is 2.11 bits per heavy atom. The summed E-state index contributed by atoms with van der Waals surface area (Å²) in [6, 6.07) is 4.82. The highest BCUT2D eigenvalue weighted by Crippen LogP contribution is 2.06. The first kappa shape index (κ1) is 6.16. The lowest BCUT2D eigenvalue weighted by Crippen LogP contribution is -2.03. The Morgan fingerprint density at radius 3 is 2.56 bits per heavy atom. The minimum atomic E-state index is 0.209. The van der Waals surface area contributed by atoms with Crippen LogP contribution in [0.3, 0.4) is 0 Å². The number of phenolic OH excluding ortho intramolecular Hbond substituents is 1. The van der Waals surface area contributed by atoms with E-state index in [2.05, 4.69) is 10.2 Å². The predicted octanol–water partition coefficient (Wildman–Crippen LogP) is -0.232. The normalized spacial score (nSPS) is 9.44. The molecule has 45 valence electrons. The smallest absolute Gasteiger partial charge is 0.114 e. The van der Waals surface area contributed by atoms with Crippen molar-refractivity contribution < 1.29 is 5.11 Å². The molecular weight excluding hydrogens is 130 g/mol. The zero-order chi connectivity index (χ0) is 6.85. The minimum absolute atomic E-state index is 0.209. The van der Waals surface area contributed by atoms with Gasteiger partial charge < -0.3 is 10.8 Å². The van der Waals surface area contributed by atoms with Gasteiger partial charge in [0, 0.05) is 5.69 Å². The summed E-state index contributed by atoms with van der Waals surface area (Å²) in [6.45, 7) is 0. The van der Waals surface area contributed by atoms with Gasteiger partial charge in [0.05, 0.1) is 10.2 Å². The standard InChI is InChI=1S/C6H6NOSi/c7-4-1-2-5(8)6(9)3-4/h1-3,8H,7H2. The van der Waals surface area contributed by atoms with Crippen LogP contribution in [0.5, 0.6) is 5.75 Å². The Bertz CT molecular complexity index is 224. The van der Waals surface area contributed by atoms with E-state index in [1.807, 2.05) is 0 Å². The van der Waals surface area contributed by atoms with Gasteiger partial charge in [-0.1, -0.05) is 0 Å². The van der Waals surface area contributed by atoms with Crippen molar-refractivity contribution in [2.24, 2.45) is 0 Å². The summed E-state index contributed by atoms with van der Waals surface area (Å²) in [7, 11) is 3.16. The van der Waals surface area contributed by atoms with Gasteiger partial charge in [-0.3, -0.25) is 0 Å². The SMILES string of the molecule is Nc1ccc(O)c([Si])c1. The van der Waals surface area contributed by atoms with E-state index >= 15 is 0 Å². The molecule has 0 aliphatic rings. The van der Waals surface area contributed by atoms with Gasteiger partial charge in [0.15, 0.2) is 0 Å². The van der Waals surface area contributed by atoms with Crippen LogP contribution < -0.4 is 10.9 Å². The summed E-state index contributed by atoms with van der Waals surface area (Å²) in [5.74, 6) is 0.209. The van der Waals surface area contributed by atoms with Crippen LogP contribution in [0, 0.1) is 0 Å². The van der Waals surface area contributed by atoms with Crippen molar-refractivity contribution in [2.75, 3.05) is 5.73 Å². The van der Waals surface area contributed by atoms with E-state index in [0.717, 1.165) is 0 Å². The van der Waals surface area contributed by atoms with Crippen LogP contribution in [-0.4, -0.2) is 15.3 Å². The molecule has 0 unspecified atom stereocenters. The highest BCUT2D eigenvalue weighted by atomic mass is 28.1. The molecule has 1 aromatic rings. The molecule has 9 heavy (non-hydrogen) atoms. The van der Waals surface area contributed by atoms with Crippen molar-refractivity contribution in [2.45, 2.75) is 0 Å². The molecule has 0 bridgehead atoms. The summed E-state index contributed by atoms with van der Waals surface area (Å²) >= 11 is 0. The first-order chi connectivity index (χ1) is 4.20. The summed E-state index contributed by atoms with van der Waals surface area (Å²) < 4.78 is 0. The third-order valence-corrected chi connectivity index (χ3v) is 1.42. The quantitative estimate of drug-likeness (QED) is 0.294. The number of rotatable bonds is 0. The Hall–Kier alpha value is -0.963. The molecule has 1 aromatic carbocycles. The lowest BCUT2D eigenvalue weighted by atomic mass is 10.3. The van der Waals surface area contributed by atoms with Crippen LogP contribution in [0.15, 0.2) is 18.2 Å². The highest BCUT2D eigenvalue weighted by molar-refractivity contribution is 6.34. The molecule has 0 aliphatic heterocycles. The summed E-state index contributed by atoms with van der Waals surface area (Å²) in [4.78, 5) is 0. The Morgan fingerprint density at radius 1 is 1.44 bits per heavy atom. The zero-order valence-electron chi connectivity index (χ0n) is 4.76. The Balaban J connectivity index is 3.17. The molecule has 3 radical (unpaired) electrons. The van der Waals surface area contributed by atoms with E-state index in [4.69, 9.17) is 10.8 Å². The topological polar surface area (TPSA) is 46.2 Å². The molecule has 3 heteroatoms. The minimum Gasteiger partial charge on any atom is -0.508 e. The van der Waals surface area contributed by atoms with Crippen LogP contribution in [0.2, 0.25) is 0 Å². The van der Waals surface area contributed by atoms with E-state index in [0.29, 0.717) is 10.9 Å². The third-order valence-electron chi connectivity index (χ3n) is 1.02. The molecule has 0 amide bonds. The number of benzene rings is 1. The number of nitrogen functional groups attached to an aromatic ring is 1. The van der Waals surface area contributed by atoms with Crippen LogP contribution >= 0.6 is 0 Å². The van der Waals surface area contributed by atoms with Gasteiger partial charge in [-0.15, -0.1) is 0 Å². The van der Waals surface area contributed by atoms with E-state index in [-0.39, 0.29) is 5.75 Å². The average molecular weight is 136 g/mol. The fourth-order valence-electron chi connectivity index (χ4n) is 0.554. The second-order valence-electron chi connectivity index (χ2n) is 1.78. The van der Waals surface area contributed by atoms with E-state index in [1.165, 1.54) is 6.07 Å². The molecule has 1 rings (SSSR count). The molecule has 0 spiro atoms. The van der Waals surface area contributed by atoms with E-state index in [1.54, 1.807) is 12.1 Å². The fourth-order valence-corrected chi connectivity index (χ4v) is 0.804. The Kier molecular flexibility index (Phi) is 1.44. The molecule has 3 N–H and O–H groups in total. The number of hydrogen-bond acceptors (Lipinski definition) is 2. The number of aromatic hydroxyl groups is 1. The van der Waals surface area contributed by atoms with Gasteiger partial charge in [0.2, 0.25) is 0 Å². The maximum absolute atomic E-state index is 8.94. The molecule has 2 nitrogen and oxygen atoms in total. The average Bonchev–Trinajstić information content (AvgIpc) is 1.80. The van der Waals surface area contributed by atoms with Crippen molar-refractivity contribution in [1.29, 1.82) is 0 Å².